The Labute approximate surface area is 95.6 Å². The molecule has 0 aromatic heterocycles. The number of rotatable bonds is 9. The van der Waals surface area contributed by atoms with Crippen molar-refractivity contribution in [2.75, 3.05) is 45.5 Å². The highest BCUT2D eigenvalue weighted by Crippen LogP contribution is 2.09. The van der Waals surface area contributed by atoms with Gasteiger partial charge in [-0.25, -0.2) is 0 Å². The first kappa shape index (κ1) is 14.7. The largest absolute Gasteiger partial charge is 0.469 e. The summed E-state index contributed by atoms with van der Waals surface area (Å²) in [4.78, 5) is 11.0. The van der Waals surface area contributed by atoms with E-state index in [1.165, 1.54) is 7.11 Å². The van der Waals surface area contributed by atoms with E-state index in [2.05, 4.69) is 4.74 Å². The monoisotopic (exact) mass is 236 g/mol. The fourth-order valence-electron chi connectivity index (χ4n) is 0.892. The molecule has 0 aliphatic rings. The number of hydrogen-bond acceptors (Lipinski definition) is 5. The van der Waals surface area contributed by atoms with Crippen LogP contribution in [0.5, 0.6) is 0 Å². The van der Waals surface area contributed by atoms with Gasteiger partial charge in [-0.05, 0) is 0 Å². The third-order valence-corrected chi connectivity index (χ3v) is 2.97. The summed E-state index contributed by atoms with van der Waals surface area (Å²) in [6.45, 7) is 3.82. The van der Waals surface area contributed by atoms with Gasteiger partial charge in [0, 0.05) is 18.6 Å². The number of hydrogen-bond donors (Lipinski definition) is 0. The molecule has 0 N–H and O–H groups in total. The molecule has 1 unspecified atom stereocenters. The molecule has 0 aromatic rings. The molecule has 0 spiro atoms. The van der Waals surface area contributed by atoms with Gasteiger partial charge in [-0.15, -0.1) is 0 Å². The number of esters is 1. The number of thioether (sulfide) groups is 1. The molecular formula is C10H20O4S. The van der Waals surface area contributed by atoms with Crippen LogP contribution in [-0.4, -0.2) is 51.5 Å². The summed E-state index contributed by atoms with van der Waals surface area (Å²) in [5.74, 6) is 1.48. The molecule has 15 heavy (non-hydrogen) atoms. The lowest BCUT2D eigenvalue weighted by atomic mass is 10.2. The minimum Gasteiger partial charge on any atom is -0.469 e. The first-order valence-electron chi connectivity index (χ1n) is 4.94. The van der Waals surface area contributed by atoms with Gasteiger partial charge in [-0.3, -0.25) is 4.79 Å². The third kappa shape index (κ3) is 8.72. The molecule has 90 valence electrons. The Morgan fingerprint density at radius 2 is 2.00 bits per heavy atom. The van der Waals surface area contributed by atoms with Crippen molar-refractivity contribution >= 4 is 17.7 Å². The van der Waals surface area contributed by atoms with Gasteiger partial charge >= 0.3 is 5.97 Å². The zero-order valence-electron chi connectivity index (χ0n) is 9.65. The van der Waals surface area contributed by atoms with E-state index in [9.17, 15) is 4.79 Å². The molecule has 1 atom stereocenters. The van der Waals surface area contributed by atoms with Crippen molar-refractivity contribution in [2.24, 2.45) is 5.92 Å². The zero-order chi connectivity index (χ0) is 11.5. The second-order valence-electron chi connectivity index (χ2n) is 3.10. The maximum absolute atomic E-state index is 11.0. The van der Waals surface area contributed by atoms with Crippen molar-refractivity contribution in [3.8, 4) is 0 Å². The molecule has 0 rings (SSSR count). The first-order valence-corrected chi connectivity index (χ1v) is 6.10. The molecule has 5 heteroatoms. The van der Waals surface area contributed by atoms with E-state index in [0.717, 1.165) is 11.5 Å². The van der Waals surface area contributed by atoms with Crippen molar-refractivity contribution in [1.29, 1.82) is 0 Å². The van der Waals surface area contributed by atoms with Crippen LogP contribution in [0.25, 0.3) is 0 Å². The van der Waals surface area contributed by atoms with E-state index in [0.29, 0.717) is 19.8 Å². The van der Waals surface area contributed by atoms with E-state index >= 15 is 0 Å². The Morgan fingerprint density at radius 1 is 1.27 bits per heavy atom. The molecule has 0 aliphatic heterocycles. The zero-order valence-corrected chi connectivity index (χ0v) is 10.5. The highest BCUT2D eigenvalue weighted by atomic mass is 32.2. The average Bonchev–Trinajstić information content (AvgIpc) is 2.26. The fraction of sp³-hybridized carbons (Fsp3) is 0.900. The number of ether oxygens (including phenoxy) is 3. The van der Waals surface area contributed by atoms with Gasteiger partial charge in [0.25, 0.3) is 0 Å². The maximum Gasteiger partial charge on any atom is 0.309 e. The van der Waals surface area contributed by atoms with Crippen molar-refractivity contribution in [3.05, 3.63) is 0 Å². The predicted octanol–water partition coefficient (Wildman–Crippen LogP) is 1.19. The van der Waals surface area contributed by atoms with Crippen molar-refractivity contribution < 1.29 is 19.0 Å². The molecule has 0 saturated carbocycles. The maximum atomic E-state index is 11.0. The van der Waals surface area contributed by atoms with E-state index in [1.807, 2.05) is 6.92 Å². The smallest absolute Gasteiger partial charge is 0.309 e. The molecular weight excluding hydrogens is 216 g/mol. The normalized spacial score (nSPS) is 12.5. The molecule has 0 saturated heterocycles. The van der Waals surface area contributed by atoms with Gasteiger partial charge < -0.3 is 14.2 Å². The van der Waals surface area contributed by atoms with Crippen LogP contribution in [0.2, 0.25) is 0 Å². The molecule has 0 aromatic carbocycles. The van der Waals surface area contributed by atoms with Gasteiger partial charge in [0.1, 0.15) is 0 Å². The summed E-state index contributed by atoms with van der Waals surface area (Å²) in [5, 5.41) is 0. The highest BCUT2D eigenvalue weighted by molar-refractivity contribution is 7.99. The molecule has 0 bridgehead atoms. The standard InChI is InChI=1S/C10H20O4S/c1-9(10(11)13-3)8-15-7-6-14-5-4-12-2/h9H,4-8H2,1-3H3. The van der Waals surface area contributed by atoms with Gasteiger partial charge in [0.2, 0.25) is 0 Å². The summed E-state index contributed by atoms with van der Waals surface area (Å²) >= 11 is 1.70. The molecule has 0 aliphatic carbocycles. The van der Waals surface area contributed by atoms with E-state index in [-0.39, 0.29) is 11.9 Å². The number of carbonyl (C=O) groups is 1. The SMILES string of the molecule is COCCOCCSCC(C)C(=O)OC. The second kappa shape index (κ2) is 10.3. The van der Waals surface area contributed by atoms with Gasteiger partial charge in [0.05, 0.1) is 32.8 Å². The lowest BCUT2D eigenvalue weighted by Gasteiger charge is -2.08. The van der Waals surface area contributed by atoms with Crippen molar-refractivity contribution in [3.63, 3.8) is 0 Å². The van der Waals surface area contributed by atoms with E-state index in [1.54, 1.807) is 18.9 Å². The van der Waals surface area contributed by atoms with Crippen LogP contribution in [0, 0.1) is 5.92 Å². The summed E-state index contributed by atoms with van der Waals surface area (Å²) < 4.78 is 14.7. The molecule has 0 radical (unpaired) electrons. The Balaban J connectivity index is 3.20. The summed E-state index contributed by atoms with van der Waals surface area (Å²) in [6, 6.07) is 0. The van der Waals surface area contributed by atoms with Gasteiger partial charge in [0.15, 0.2) is 0 Å². The van der Waals surface area contributed by atoms with Crippen molar-refractivity contribution in [2.45, 2.75) is 6.92 Å². The van der Waals surface area contributed by atoms with Gasteiger partial charge in [-0.1, -0.05) is 6.92 Å². The van der Waals surface area contributed by atoms with E-state index < -0.39 is 0 Å². The lowest BCUT2D eigenvalue weighted by molar-refractivity contribution is -0.143. The van der Waals surface area contributed by atoms with Crippen molar-refractivity contribution in [1.82, 2.24) is 0 Å². The Hall–Kier alpha value is -0.260. The summed E-state index contributed by atoms with van der Waals surface area (Å²) in [6.07, 6.45) is 0. The minimum absolute atomic E-state index is 0.0426. The highest BCUT2D eigenvalue weighted by Gasteiger charge is 2.12. The number of carbonyl (C=O) groups excluding carboxylic acids is 1. The Bertz CT molecular complexity index is 164. The van der Waals surface area contributed by atoms with Crippen LogP contribution in [-0.2, 0) is 19.0 Å². The second-order valence-corrected chi connectivity index (χ2v) is 4.25. The van der Waals surface area contributed by atoms with Crippen LogP contribution in [0.1, 0.15) is 6.92 Å². The Kier molecular flexibility index (Phi) is 10.1. The number of methoxy groups -OCH3 is 2. The fourth-order valence-corrected chi connectivity index (χ4v) is 1.78. The van der Waals surface area contributed by atoms with E-state index in [4.69, 9.17) is 9.47 Å². The quantitative estimate of drug-likeness (QED) is 0.444. The average molecular weight is 236 g/mol. The van der Waals surface area contributed by atoms with Crippen LogP contribution >= 0.6 is 11.8 Å². The first-order chi connectivity index (χ1) is 7.22. The van der Waals surface area contributed by atoms with Crippen LogP contribution in [0.15, 0.2) is 0 Å². The summed E-state index contributed by atoms with van der Waals surface area (Å²) in [5.41, 5.74) is 0. The molecule has 0 amide bonds. The molecule has 4 nitrogen and oxygen atoms in total. The predicted molar refractivity (Wildman–Crippen MR) is 61.2 cm³/mol. The molecule has 0 fully saturated rings. The third-order valence-electron chi connectivity index (χ3n) is 1.78. The van der Waals surface area contributed by atoms with Gasteiger partial charge in [-0.2, -0.15) is 11.8 Å². The Morgan fingerprint density at radius 3 is 2.60 bits per heavy atom. The minimum atomic E-state index is -0.150. The lowest BCUT2D eigenvalue weighted by Crippen LogP contribution is -2.15. The van der Waals surface area contributed by atoms with Crippen LogP contribution in [0.3, 0.4) is 0 Å². The molecule has 0 heterocycles. The topological polar surface area (TPSA) is 44.8 Å². The summed E-state index contributed by atoms with van der Waals surface area (Å²) in [7, 11) is 3.06. The van der Waals surface area contributed by atoms with Crippen LogP contribution in [0.4, 0.5) is 0 Å². The van der Waals surface area contributed by atoms with Crippen LogP contribution < -0.4 is 0 Å².